The van der Waals surface area contributed by atoms with Gasteiger partial charge in [-0.05, 0) is 0 Å². The van der Waals surface area contributed by atoms with Gasteiger partial charge in [-0.15, -0.1) is 0 Å². The van der Waals surface area contributed by atoms with Crippen LogP contribution in [0.15, 0.2) is 0 Å². The maximum atomic E-state index is 8.89. The molecular weight excluding hydrogens is 784 g/mol. The van der Waals surface area contributed by atoms with Crippen LogP contribution >= 0.6 is 110 Å². The van der Waals surface area contributed by atoms with Crippen molar-refractivity contribution < 1.29 is 24.6 Å². The van der Waals surface area contributed by atoms with Crippen molar-refractivity contribution in [1.29, 1.82) is 0 Å². The Hall–Kier alpha value is 3.08. The van der Waals surface area contributed by atoms with Gasteiger partial charge in [-0.1, -0.05) is 0 Å². The van der Waals surface area contributed by atoms with E-state index in [1.165, 1.54) is 0 Å². The summed E-state index contributed by atoms with van der Waals surface area (Å²) >= 11 is -13.2. The normalized spacial score (nSPS) is 8.00. The molecule has 0 heterocycles. The zero-order valence-electron chi connectivity index (χ0n) is 7.29. The summed E-state index contributed by atoms with van der Waals surface area (Å²) in [5.74, 6) is 0. The van der Waals surface area contributed by atoms with Gasteiger partial charge in [-0.3, -0.25) is 0 Å². The molecule has 8 nitrogen and oxygen atoms in total. The van der Waals surface area contributed by atoms with E-state index in [2.05, 4.69) is 35.6 Å². The molecule has 0 aromatic carbocycles. The second-order valence-electron chi connectivity index (χ2n) is 0.719. The van der Waals surface area contributed by atoms with Gasteiger partial charge >= 0.3 is 74.7 Å². The molecule has 0 aliphatic carbocycles. The molecule has 0 rings (SSSR count). The zero-order valence-corrected chi connectivity index (χ0v) is 18.9. The first-order valence-electron chi connectivity index (χ1n) is 1.81. The molecule has 0 aliphatic rings. The third kappa shape index (κ3) is 587. The summed E-state index contributed by atoms with van der Waals surface area (Å²) in [5.41, 5.74) is 0. The molecule has 0 N–H and O–H groups in total. The van der Waals surface area contributed by atoms with Gasteiger partial charge < -0.3 is 0 Å². The first kappa shape index (κ1) is 32.1. The average molecular weight is 784 g/mol. The van der Waals surface area contributed by atoms with Crippen LogP contribution in [0, 0.1) is 0 Å². The van der Waals surface area contributed by atoms with Crippen LogP contribution < -0.4 is 0 Å². The van der Waals surface area contributed by atoms with Gasteiger partial charge in [0.05, 0.1) is 0 Å². The molecule has 0 aromatic heterocycles. The van der Waals surface area contributed by atoms with Gasteiger partial charge in [-0.25, -0.2) is 24.6 Å². The number of hydrogen-bond acceptors (Lipinski definition) is 8. The van der Waals surface area contributed by atoms with Crippen LogP contribution in [0.3, 0.4) is 0 Å². The molecule has 0 spiro atoms. The Morgan fingerprint density at radius 3 is 0.412 bits per heavy atom. The molecule has 0 unspecified atom stereocenters. The molecule has 0 amide bonds. The van der Waals surface area contributed by atoms with E-state index < -0.39 is 74.7 Å². The molecule has 0 fully saturated rings. The van der Waals surface area contributed by atoms with Crippen molar-refractivity contribution in [3.63, 3.8) is 0 Å². The summed E-state index contributed by atoms with van der Waals surface area (Å²) in [7, 11) is 17.3. The number of hydrogen-bond donors (Lipinski definition) is 0. The SMILES string of the molecule is O=I(=O)Cl.O=I(=O)Cl.O=I(=O)Cl.O=I(=O)Cl.[Li]. The minimum absolute atomic E-state index is 0. The molecule has 0 aromatic rings. The van der Waals surface area contributed by atoms with E-state index in [0.29, 0.717) is 0 Å². The van der Waals surface area contributed by atoms with Gasteiger partial charge in [0.15, 0.2) is 0 Å². The third-order valence-corrected chi connectivity index (χ3v) is 0. The van der Waals surface area contributed by atoms with Gasteiger partial charge in [0.25, 0.3) is 0 Å². The monoisotopic (exact) mass is 782 g/mol. The molecule has 0 saturated carbocycles. The Bertz CT molecular complexity index is 303. The summed E-state index contributed by atoms with van der Waals surface area (Å²) in [4.78, 5) is 0. The molecule has 1 radical (unpaired) electrons. The molecule has 0 bridgehead atoms. The van der Waals surface area contributed by atoms with E-state index >= 15 is 0 Å². The van der Waals surface area contributed by atoms with Crippen molar-refractivity contribution in [1.82, 2.24) is 0 Å². The largest absolute Gasteiger partial charge is 0.409 e. The topological polar surface area (TPSA) is 137 Å². The molecule has 105 valence electrons. The third-order valence-electron chi connectivity index (χ3n) is 0. The van der Waals surface area contributed by atoms with Crippen LogP contribution in [0.5, 0.6) is 0 Å². The first-order chi connectivity index (χ1) is 6.93. The summed E-state index contributed by atoms with van der Waals surface area (Å²) in [5, 5.41) is 0. The maximum absolute atomic E-state index is 8.89. The first-order valence-corrected chi connectivity index (χ1v) is 19.8. The Morgan fingerprint density at radius 1 is 0.412 bits per heavy atom. The quantitative estimate of drug-likeness (QED) is 0.248. The number of rotatable bonds is 0. The molecule has 0 saturated heterocycles. The van der Waals surface area contributed by atoms with Crippen LogP contribution in [-0.2, 0) is 24.6 Å². The molecule has 0 atom stereocenters. The van der Waals surface area contributed by atoms with Crippen LogP contribution in [0.4, 0.5) is 0 Å². The van der Waals surface area contributed by atoms with Crippen molar-refractivity contribution in [3.8, 4) is 0 Å². The Kier molecular flexibility index (Phi) is 51.9. The van der Waals surface area contributed by atoms with Crippen molar-refractivity contribution >= 4 is 129 Å². The van der Waals surface area contributed by atoms with Crippen molar-refractivity contribution in [2.24, 2.45) is 0 Å². The molecule has 0 aliphatic heterocycles. The number of halogens is 8. The van der Waals surface area contributed by atoms with E-state index in [0.717, 1.165) is 0 Å². The van der Waals surface area contributed by atoms with Gasteiger partial charge in [-0.2, -0.15) is 0 Å². The van der Waals surface area contributed by atoms with E-state index in [4.69, 9.17) is 24.6 Å². The second-order valence-corrected chi connectivity index (χ2v) is 11.1. The second kappa shape index (κ2) is 27.4. The average Bonchev–Trinajstić information content (AvgIpc) is 1.76. The Morgan fingerprint density at radius 2 is 0.412 bits per heavy atom. The van der Waals surface area contributed by atoms with Gasteiger partial charge in [0, 0.05) is 54.5 Å². The fourth-order valence-corrected chi connectivity index (χ4v) is 0. The van der Waals surface area contributed by atoms with Gasteiger partial charge in [0.2, 0.25) is 0 Å². The predicted molar refractivity (Wildman–Crippen MR) is 90.7 cm³/mol. The molecule has 17 heteroatoms. The van der Waals surface area contributed by atoms with E-state index in [-0.39, 0.29) is 18.9 Å². The predicted octanol–water partition coefficient (Wildman–Crippen LogP) is 4.97. The summed E-state index contributed by atoms with van der Waals surface area (Å²) < 4.78 is 71.2. The summed E-state index contributed by atoms with van der Waals surface area (Å²) in [6, 6.07) is 0. The smallest absolute Gasteiger partial charge is 0.217 e. The minimum atomic E-state index is -3.29. The van der Waals surface area contributed by atoms with E-state index in [1.807, 2.05) is 0 Å². The summed E-state index contributed by atoms with van der Waals surface area (Å²) in [6.45, 7) is 0. The standard InChI is InChI=1S/4ClIO2.Li/c4*1-2(3)4;. The van der Waals surface area contributed by atoms with Crippen molar-refractivity contribution in [2.75, 3.05) is 0 Å². The van der Waals surface area contributed by atoms with Crippen molar-refractivity contribution in [2.45, 2.75) is 0 Å². The Balaban J connectivity index is -0.0000000369. The fraction of sp³-hybridized carbons (Fsp3) is 0. The van der Waals surface area contributed by atoms with Crippen molar-refractivity contribution in [3.05, 3.63) is 0 Å². The van der Waals surface area contributed by atoms with Crippen LogP contribution in [0.25, 0.3) is 0 Å². The Labute approximate surface area is 150 Å². The van der Waals surface area contributed by atoms with Crippen LogP contribution in [-0.4, -0.2) is 18.9 Å². The molecule has 17 heavy (non-hydrogen) atoms. The van der Waals surface area contributed by atoms with Crippen LogP contribution in [0.2, 0.25) is 0 Å². The van der Waals surface area contributed by atoms with E-state index in [9.17, 15) is 0 Å². The maximum Gasteiger partial charge on any atom is 0.409 e. The minimum Gasteiger partial charge on any atom is -0.217 e. The van der Waals surface area contributed by atoms with Gasteiger partial charge in [0.1, 0.15) is 0 Å². The van der Waals surface area contributed by atoms with Crippen LogP contribution in [0.1, 0.15) is 0 Å². The zero-order chi connectivity index (χ0) is 14.3. The fourth-order valence-electron chi connectivity index (χ4n) is 0. The van der Waals surface area contributed by atoms with E-state index in [1.54, 1.807) is 0 Å². The molecular formula is Cl4I4LiO8. The summed E-state index contributed by atoms with van der Waals surface area (Å²) in [6.07, 6.45) is 0.